The SMILES string of the molecule is CCCCn1ncc(=O)[nH]c1=O. The second-order valence-corrected chi connectivity index (χ2v) is 2.52. The van der Waals surface area contributed by atoms with Crippen LogP contribution in [0.5, 0.6) is 0 Å². The maximum Gasteiger partial charge on any atom is 0.344 e. The van der Waals surface area contributed by atoms with Crippen LogP contribution in [0.2, 0.25) is 0 Å². The molecule has 0 radical (unpaired) electrons. The van der Waals surface area contributed by atoms with Crippen molar-refractivity contribution in [2.45, 2.75) is 26.3 Å². The molecule has 0 fully saturated rings. The minimum atomic E-state index is -0.451. The molecule has 1 aromatic rings. The lowest BCUT2D eigenvalue weighted by atomic mass is 10.3. The van der Waals surface area contributed by atoms with Gasteiger partial charge in [-0.2, -0.15) is 5.10 Å². The third-order valence-electron chi connectivity index (χ3n) is 1.50. The average Bonchev–Trinajstić information content (AvgIpc) is 2.03. The van der Waals surface area contributed by atoms with Gasteiger partial charge in [0, 0.05) is 6.54 Å². The van der Waals surface area contributed by atoms with Gasteiger partial charge in [0.2, 0.25) is 0 Å². The second kappa shape index (κ2) is 3.85. The van der Waals surface area contributed by atoms with E-state index in [1.54, 1.807) is 0 Å². The van der Waals surface area contributed by atoms with E-state index in [1.165, 1.54) is 4.68 Å². The highest BCUT2D eigenvalue weighted by Crippen LogP contribution is 1.86. The lowest BCUT2D eigenvalue weighted by Crippen LogP contribution is -2.31. The molecule has 0 saturated carbocycles. The van der Waals surface area contributed by atoms with Crippen LogP contribution < -0.4 is 11.2 Å². The first-order valence-electron chi connectivity index (χ1n) is 3.90. The number of hydrogen-bond acceptors (Lipinski definition) is 3. The van der Waals surface area contributed by atoms with Gasteiger partial charge in [-0.05, 0) is 6.42 Å². The lowest BCUT2D eigenvalue weighted by molar-refractivity contribution is 0.524. The Labute approximate surface area is 69.1 Å². The van der Waals surface area contributed by atoms with Crippen LogP contribution in [0.3, 0.4) is 0 Å². The predicted octanol–water partition coefficient (Wildman–Crippen LogP) is -0.268. The maximum absolute atomic E-state index is 11.0. The van der Waals surface area contributed by atoms with E-state index >= 15 is 0 Å². The van der Waals surface area contributed by atoms with Crippen LogP contribution in [0.15, 0.2) is 15.8 Å². The molecule has 0 aromatic carbocycles. The van der Waals surface area contributed by atoms with Gasteiger partial charge >= 0.3 is 5.69 Å². The molecule has 0 amide bonds. The number of unbranched alkanes of at least 4 members (excludes halogenated alkanes) is 1. The summed E-state index contributed by atoms with van der Waals surface area (Å²) in [5, 5.41) is 3.68. The number of aromatic nitrogens is 3. The van der Waals surface area contributed by atoms with Gasteiger partial charge in [0.05, 0.1) is 0 Å². The summed E-state index contributed by atoms with van der Waals surface area (Å²) < 4.78 is 1.25. The molecule has 0 aliphatic carbocycles. The minimum Gasteiger partial charge on any atom is -0.271 e. The Bertz CT molecular complexity index is 352. The number of nitrogens with one attached hydrogen (secondary N) is 1. The van der Waals surface area contributed by atoms with Crippen molar-refractivity contribution in [3.05, 3.63) is 27.0 Å². The summed E-state index contributed by atoms with van der Waals surface area (Å²) in [6.07, 6.45) is 2.99. The van der Waals surface area contributed by atoms with Crippen molar-refractivity contribution < 1.29 is 0 Å². The molecule has 1 aromatic heterocycles. The van der Waals surface area contributed by atoms with Gasteiger partial charge in [-0.1, -0.05) is 13.3 Å². The highest BCUT2D eigenvalue weighted by Gasteiger charge is 1.95. The monoisotopic (exact) mass is 169 g/mol. The molecule has 5 nitrogen and oxygen atoms in total. The molecule has 1 rings (SSSR count). The topological polar surface area (TPSA) is 67.8 Å². The summed E-state index contributed by atoms with van der Waals surface area (Å²) >= 11 is 0. The van der Waals surface area contributed by atoms with E-state index in [0.29, 0.717) is 6.54 Å². The molecule has 0 aliphatic heterocycles. The fourth-order valence-electron chi connectivity index (χ4n) is 0.844. The lowest BCUT2D eigenvalue weighted by Gasteiger charge is -1.99. The fraction of sp³-hybridized carbons (Fsp3) is 0.571. The Morgan fingerprint density at radius 3 is 2.92 bits per heavy atom. The van der Waals surface area contributed by atoms with E-state index in [-0.39, 0.29) is 0 Å². The van der Waals surface area contributed by atoms with Crippen molar-refractivity contribution in [3.8, 4) is 0 Å². The number of rotatable bonds is 3. The highest BCUT2D eigenvalue weighted by atomic mass is 16.2. The van der Waals surface area contributed by atoms with E-state index in [4.69, 9.17) is 0 Å². The summed E-state index contributed by atoms with van der Waals surface area (Å²) in [5.41, 5.74) is -0.885. The molecule has 0 bridgehead atoms. The van der Waals surface area contributed by atoms with Crippen molar-refractivity contribution in [2.24, 2.45) is 0 Å². The van der Waals surface area contributed by atoms with Gasteiger partial charge in [-0.15, -0.1) is 0 Å². The average molecular weight is 169 g/mol. The molecule has 0 saturated heterocycles. The number of nitrogens with zero attached hydrogens (tertiary/aromatic N) is 2. The molecule has 0 spiro atoms. The Morgan fingerprint density at radius 1 is 1.58 bits per heavy atom. The van der Waals surface area contributed by atoms with Crippen LogP contribution in [-0.2, 0) is 6.54 Å². The number of aryl methyl sites for hydroxylation is 1. The van der Waals surface area contributed by atoms with E-state index in [9.17, 15) is 9.59 Å². The first-order chi connectivity index (χ1) is 5.74. The smallest absolute Gasteiger partial charge is 0.271 e. The zero-order valence-corrected chi connectivity index (χ0v) is 6.91. The standard InChI is InChI=1S/C7H11N3O2/c1-2-3-4-10-7(12)9-6(11)5-8-10/h5H,2-4H2,1H3,(H,9,11,12). The third-order valence-corrected chi connectivity index (χ3v) is 1.50. The molecule has 0 aliphatic rings. The Morgan fingerprint density at radius 2 is 2.33 bits per heavy atom. The van der Waals surface area contributed by atoms with Crippen molar-refractivity contribution in [1.29, 1.82) is 0 Å². The summed E-state index contributed by atoms with van der Waals surface area (Å²) in [7, 11) is 0. The van der Waals surface area contributed by atoms with Crippen LogP contribution >= 0.6 is 0 Å². The van der Waals surface area contributed by atoms with E-state index < -0.39 is 11.2 Å². The van der Waals surface area contributed by atoms with E-state index in [1.807, 2.05) is 6.92 Å². The van der Waals surface area contributed by atoms with Crippen molar-refractivity contribution in [3.63, 3.8) is 0 Å². The van der Waals surface area contributed by atoms with Gasteiger partial charge in [-0.25, -0.2) is 9.48 Å². The number of H-pyrrole nitrogens is 1. The first-order valence-corrected chi connectivity index (χ1v) is 3.90. The normalized spacial score (nSPS) is 10.1. The van der Waals surface area contributed by atoms with Gasteiger partial charge in [-0.3, -0.25) is 9.78 Å². The third kappa shape index (κ3) is 2.05. The van der Waals surface area contributed by atoms with Crippen LogP contribution in [0.4, 0.5) is 0 Å². The molecule has 5 heteroatoms. The molecule has 1 heterocycles. The van der Waals surface area contributed by atoms with Gasteiger partial charge in [0.1, 0.15) is 6.20 Å². The first kappa shape index (κ1) is 8.70. The summed E-state index contributed by atoms with van der Waals surface area (Å²) in [6, 6.07) is 0. The summed E-state index contributed by atoms with van der Waals surface area (Å²) in [6.45, 7) is 2.59. The van der Waals surface area contributed by atoms with Gasteiger partial charge in [0.25, 0.3) is 5.56 Å². The van der Waals surface area contributed by atoms with Crippen LogP contribution in [0.25, 0.3) is 0 Å². The molecule has 12 heavy (non-hydrogen) atoms. The molecule has 66 valence electrons. The van der Waals surface area contributed by atoms with Gasteiger partial charge < -0.3 is 0 Å². The Balaban J connectivity index is 2.87. The van der Waals surface area contributed by atoms with Gasteiger partial charge in [0.15, 0.2) is 0 Å². The van der Waals surface area contributed by atoms with Crippen LogP contribution in [0, 0.1) is 0 Å². The van der Waals surface area contributed by atoms with Crippen molar-refractivity contribution in [2.75, 3.05) is 0 Å². The number of aromatic amines is 1. The van der Waals surface area contributed by atoms with Crippen LogP contribution in [0.1, 0.15) is 19.8 Å². The minimum absolute atomic E-state index is 0.434. The molecule has 1 N–H and O–H groups in total. The zero-order chi connectivity index (χ0) is 8.97. The second-order valence-electron chi connectivity index (χ2n) is 2.52. The largest absolute Gasteiger partial charge is 0.344 e. The molecule has 0 atom stereocenters. The summed E-state index contributed by atoms with van der Waals surface area (Å²) in [4.78, 5) is 23.7. The van der Waals surface area contributed by atoms with Crippen molar-refractivity contribution in [1.82, 2.24) is 14.8 Å². The predicted molar refractivity (Wildman–Crippen MR) is 44.0 cm³/mol. The van der Waals surface area contributed by atoms with E-state index in [0.717, 1.165) is 19.0 Å². The van der Waals surface area contributed by atoms with E-state index in [2.05, 4.69) is 10.1 Å². The maximum atomic E-state index is 11.0. The Kier molecular flexibility index (Phi) is 2.79. The fourth-order valence-corrected chi connectivity index (χ4v) is 0.844. The van der Waals surface area contributed by atoms with Crippen LogP contribution in [-0.4, -0.2) is 14.8 Å². The highest BCUT2D eigenvalue weighted by molar-refractivity contribution is 4.68. The molecular weight excluding hydrogens is 158 g/mol. The Hall–Kier alpha value is -1.39. The van der Waals surface area contributed by atoms with Crippen molar-refractivity contribution >= 4 is 0 Å². The zero-order valence-electron chi connectivity index (χ0n) is 6.91. The molecular formula is C7H11N3O2. The number of hydrogen-bond donors (Lipinski definition) is 1. The quantitative estimate of drug-likeness (QED) is 0.677. The molecule has 0 unspecified atom stereocenters. The summed E-state index contributed by atoms with van der Waals surface area (Å²) in [5.74, 6) is 0.